The first-order valence-corrected chi connectivity index (χ1v) is 11.8. The number of nitrogens with zero attached hydrogens (tertiary/aromatic N) is 4. The Labute approximate surface area is 172 Å². The van der Waals surface area contributed by atoms with E-state index < -0.39 is 9.84 Å². The van der Waals surface area contributed by atoms with E-state index in [1.54, 1.807) is 19.5 Å². The van der Waals surface area contributed by atoms with E-state index in [4.69, 9.17) is 9.47 Å². The van der Waals surface area contributed by atoms with Crippen molar-refractivity contribution < 1.29 is 17.9 Å². The number of likely N-dealkylation sites (tertiary alicyclic amines) is 1. The normalized spacial score (nSPS) is 18.2. The van der Waals surface area contributed by atoms with Crippen molar-refractivity contribution in [2.24, 2.45) is 0 Å². The van der Waals surface area contributed by atoms with Crippen LogP contribution in [0.1, 0.15) is 30.7 Å². The zero-order chi connectivity index (χ0) is 20.7. The van der Waals surface area contributed by atoms with Gasteiger partial charge < -0.3 is 14.0 Å². The van der Waals surface area contributed by atoms with Crippen molar-refractivity contribution in [1.29, 1.82) is 0 Å². The molecule has 0 amide bonds. The summed E-state index contributed by atoms with van der Waals surface area (Å²) < 4.78 is 37.2. The van der Waals surface area contributed by atoms with Crippen molar-refractivity contribution in [3.8, 4) is 0 Å². The van der Waals surface area contributed by atoms with Gasteiger partial charge in [0, 0.05) is 45.8 Å². The molecule has 2 aromatic rings. The molecule has 1 aliphatic heterocycles. The topological polar surface area (TPSA) is 86.5 Å². The summed E-state index contributed by atoms with van der Waals surface area (Å²) in [5, 5.41) is 0.128. The monoisotopic (exact) mass is 422 g/mol. The number of rotatable bonds is 10. The van der Waals surface area contributed by atoms with Gasteiger partial charge in [-0.2, -0.15) is 0 Å². The quantitative estimate of drug-likeness (QED) is 0.541. The van der Waals surface area contributed by atoms with Crippen LogP contribution in [-0.4, -0.2) is 67.0 Å². The molecular weight excluding hydrogens is 392 g/mol. The van der Waals surface area contributed by atoms with Gasteiger partial charge in [0.15, 0.2) is 0 Å². The number of hydrogen-bond acceptors (Lipinski definition) is 7. The summed E-state index contributed by atoms with van der Waals surface area (Å²) in [5.74, 6) is 0. The van der Waals surface area contributed by atoms with E-state index in [0.717, 1.165) is 43.7 Å². The van der Waals surface area contributed by atoms with Crippen LogP contribution in [0.5, 0.6) is 0 Å². The van der Waals surface area contributed by atoms with E-state index in [2.05, 4.69) is 14.9 Å². The summed E-state index contributed by atoms with van der Waals surface area (Å²) in [4.78, 5) is 10.8. The van der Waals surface area contributed by atoms with Crippen molar-refractivity contribution in [1.82, 2.24) is 19.4 Å². The zero-order valence-corrected chi connectivity index (χ0v) is 18.0. The van der Waals surface area contributed by atoms with Crippen LogP contribution < -0.4 is 0 Å². The van der Waals surface area contributed by atoms with Crippen molar-refractivity contribution in [3.63, 3.8) is 0 Å². The Kier molecular flexibility index (Phi) is 7.77. The molecule has 0 spiro atoms. The minimum Gasteiger partial charge on any atom is -0.385 e. The molecule has 1 atom stereocenters. The lowest BCUT2D eigenvalue weighted by molar-refractivity contribution is -0.0138. The molecule has 1 aliphatic rings. The molecule has 0 saturated carbocycles. The van der Waals surface area contributed by atoms with Gasteiger partial charge in [-0.3, -0.25) is 9.88 Å². The molecule has 160 valence electrons. The number of hydrogen-bond donors (Lipinski definition) is 0. The van der Waals surface area contributed by atoms with Crippen LogP contribution in [-0.2, 0) is 39.0 Å². The predicted molar refractivity (Wildman–Crippen MR) is 109 cm³/mol. The van der Waals surface area contributed by atoms with E-state index in [1.807, 2.05) is 22.8 Å². The van der Waals surface area contributed by atoms with Gasteiger partial charge in [0.1, 0.15) is 0 Å². The Bertz CT molecular complexity index is 870. The Morgan fingerprint density at radius 2 is 2.14 bits per heavy atom. The Morgan fingerprint density at radius 3 is 2.86 bits per heavy atom. The van der Waals surface area contributed by atoms with Crippen LogP contribution in [0.4, 0.5) is 0 Å². The molecule has 1 unspecified atom stereocenters. The van der Waals surface area contributed by atoms with Crippen molar-refractivity contribution in [2.75, 3.05) is 33.1 Å². The van der Waals surface area contributed by atoms with E-state index in [-0.39, 0.29) is 11.3 Å². The number of aromatic nitrogens is 3. The molecule has 0 aromatic carbocycles. The summed E-state index contributed by atoms with van der Waals surface area (Å²) in [5.41, 5.74) is 1.84. The minimum absolute atomic E-state index is 0.128. The van der Waals surface area contributed by atoms with Crippen LogP contribution in [0, 0.1) is 0 Å². The SMILES string of the molecule is COCCCn1c(CN2CCCC(OCc3ccccn3)C2)cnc1S(C)(=O)=O. The van der Waals surface area contributed by atoms with Crippen molar-refractivity contribution in [3.05, 3.63) is 42.0 Å². The highest BCUT2D eigenvalue weighted by Gasteiger charge is 2.24. The minimum atomic E-state index is -3.38. The second kappa shape index (κ2) is 10.3. The third kappa shape index (κ3) is 6.33. The Hall–Kier alpha value is -1.81. The molecule has 2 aromatic heterocycles. The lowest BCUT2D eigenvalue weighted by atomic mass is 10.1. The fourth-order valence-corrected chi connectivity index (χ4v) is 4.48. The number of pyridine rings is 1. The Morgan fingerprint density at radius 1 is 1.28 bits per heavy atom. The van der Waals surface area contributed by atoms with Crippen LogP contribution in [0.25, 0.3) is 0 Å². The molecule has 1 fully saturated rings. The largest absolute Gasteiger partial charge is 0.385 e. The summed E-state index contributed by atoms with van der Waals surface area (Å²) in [6.45, 7) is 4.07. The van der Waals surface area contributed by atoms with E-state index in [1.165, 1.54) is 6.26 Å². The van der Waals surface area contributed by atoms with Gasteiger partial charge in [-0.05, 0) is 37.9 Å². The van der Waals surface area contributed by atoms with Crippen LogP contribution in [0.2, 0.25) is 0 Å². The lowest BCUT2D eigenvalue weighted by Crippen LogP contribution is -2.39. The first kappa shape index (κ1) is 21.9. The van der Waals surface area contributed by atoms with Gasteiger partial charge in [-0.1, -0.05) is 6.07 Å². The standard InChI is InChI=1S/C20H30N4O4S/c1-27-12-6-11-24-18(13-22-20(24)29(2,25)26)14-23-10-5-8-19(15-23)28-16-17-7-3-4-9-21-17/h3-4,7,9,13,19H,5-6,8,10-12,14-16H2,1-2H3. The van der Waals surface area contributed by atoms with Crippen LogP contribution >= 0.6 is 0 Å². The van der Waals surface area contributed by atoms with Gasteiger partial charge in [0.25, 0.3) is 0 Å². The first-order chi connectivity index (χ1) is 14.0. The smallest absolute Gasteiger partial charge is 0.227 e. The van der Waals surface area contributed by atoms with Crippen LogP contribution in [0.15, 0.2) is 35.7 Å². The maximum absolute atomic E-state index is 12.1. The molecule has 8 nitrogen and oxygen atoms in total. The van der Waals surface area contributed by atoms with Crippen molar-refractivity contribution in [2.45, 2.75) is 50.2 Å². The summed E-state index contributed by atoms with van der Waals surface area (Å²) >= 11 is 0. The molecule has 3 heterocycles. The molecule has 0 N–H and O–H groups in total. The van der Waals surface area contributed by atoms with E-state index >= 15 is 0 Å². The maximum Gasteiger partial charge on any atom is 0.227 e. The highest BCUT2D eigenvalue weighted by atomic mass is 32.2. The predicted octanol–water partition coefficient (Wildman–Crippen LogP) is 1.90. The molecule has 9 heteroatoms. The van der Waals surface area contributed by atoms with Gasteiger partial charge in [0.2, 0.25) is 15.0 Å². The highest BCUT2D eigenvalue weighted by Crippen LogP contribution is 2.19. The Balaban J connectivity index is 1.63. The third-order valence-electron chi connectivity index (χ3n) is 5.00. The number of sulfone groups is 1. The fraction of sp³-hybridized carbons (Fsp3) is 0.600. The van der Waals surface area contributed by atoms with Gasteiger partial charge in [0.05, 0.1) is 30.3 Å². The van der Waals surface area contributed by atoms with Gasteiger partial charge in [-0.15, -0.1) is 0 Å². The van der Waals surface area contributed by atoms with Crippen molar-refractivity contribution >= 4 is 9.84 Å². The molecule has 3 rings (SSSR count). The number of piperidine rings is 1. The third-order valence-corrected chi connectivity index (χ3v) is 5.99. The average Bonchev–Trinajstić information content (AvgIpc) is 3.11. The molecule has 0 radical (unpaired) electrons. The summed E-state index contributed by atoms with van der Waals surface area (Å²) in [6.07, 6.45) is 7.60. The number of ether oxygens (including phenoxy) is 2. The van der Waals surface area contributed by atoms with Gasteiger partial charge in [-0.25, -0.2) is 13.4 Å². The molecule has 29 heavy (non-hydrogen) atoms. The van der Waals surface area contributed by atoms with Crippen LogP contribution in [0.3, 0.4) is 0 Å². The number of methoxy groups -OCH3 is 1. The molecule has 0 bridgehead atoms. The maximum atomic E-state index is 12.1. The second-order valence-electron chi connectivity index (χ2n) is 7.43. The highest BCUT2D eigenvalue weighted by molar-refractivity contribution is 7.90. The van der Waals surface area contributed by atoms with Gasteiger partial charge >= 0.3 is 0 Å². The summed E-state index contributed by atoms with van der Waals surface area (Å²) in [7, 11) is -1.74. The number of imidazole rings is 1. The molecular formula is C20H30N4O4S. The molecule has 1 saturated heterocycles. The molecule has 0 aliphatic carbocycles. The van der Waals surface area contributed by atoms with E-state index in [0.29, 0.717) is 26.3 Å². The second-order valence-corrected chi connectivity index (χ2v) is 9.34. The lowest BCUT2D eigenvalue weighted by Gasteiger charge is -2.32. The van der Waals surface area contributed by atoms with E-state index in [9.17, 15) is 8.42 Å². The average molecular weight is 423 g/mol. The first-order valence-electron chi connectivity index (χ1n) is 9.94. The summed E-state index contributed by atoms with van der Waals surface area (Å²) in [6, 6.07) is 5.82. The zero-order valence-electron chi connectivity index (χ0n) is 17.2. The fourth-order valence-electron chi connectivity index (χ4n) is 3.63.